The summed E-state index contributed by atoms with van der Waals surface area (Å²) in [6.45, 7) is 9.02. The van der Waals surface area contributed by atoms with Crippen LogP contribution in [0.4, 0.5) is 0 Å². The molecular weight excluding hydrogens is 479 g/mol. The van der Waals surface area contributed by atoms with Crippen LogP contribution in [0.1, 0.15) is 49.9 Å². The number of hydrogen-bond acceptors (Lipinski definition) is 4. The van der Waals surface area contributed by atoms with E-state index in [1.165, 1.54) is 44.5 Å². The van der Waals surface area contributed by atoms with Crippen LogP contribution in [0.25, 0.3) is 44.8 Å². The van der Waals surface area contributed by atoms with E-state index in [0.717, 1.165) is 22.5 Å². The van der Waals surface area contributed by atoms with E-state index in [1.807, 2.05) is 18.2 Å². The highest BCUT2D eigenvalue weighted by Gasteiger charge is 2.38. The molecule has 0 saturated carbocycles. The second kappa shape index (κ2) is 8.22. The zero-order valence-electron chi connectivity index (χ0n) is 22.5. The maximum atomic E-state index is 9.74. The molecule has 0 fully saturated rings. The molecule has 39 heavy (non-hydrogen) atoms. The van der Waals surface area contributed by atoms with Crippen LogP contribution in [-0.4, -0.2) is 27.1 Å². The van der Waals surface area contributed by atoms with Crippen molar-refractivity contribution in [3.05, 3.63) is 114 Å². The number of aromatic nitrogens is 2. The van der Waals surface area contributed by atoms with Gasteiger partial charge in [0, 0.05) is 28.8 Å². The molecular formula is C34H29BN2O2. The molecule has 2 aliphatic rings. The van der Waals surface area contributed by atoms with E-state index >= 15 is 0 Å². The molecule has 0 radical (unpaired) electrons. The molecule has 0 aliphatic heterocycles. The van der Waals surface area contributed by atoms with E-state index in [9.17, 15) is 10.0 Å². The lowest BCUT2D eigenvalue weighted by Crippen LogP contribution is -2.31. The summed E-state index contributed by atoms with van der Waals surface area (Å²) in [6, 6.07) is 27.8. The van der Waals surface area contributed by atoms with Crippen molar-refractivity contribution in [1.82, 2.24) is 9.97 Å². The molecule has 2 aliphatic carbocycles. The Morgan fingerprint density at radius 1 is 0.538 bits per heavy atom. The minimum atomic E-state index is -1.47. The van der Waals surface area contributed by atoms with E-state index in [2.05, 4.69) is 92.3 Å². The van der Waals surface area contributed by atoms with E-state index in [-0.39, 0.29) is 10.8 Å². The minimum Gasteiger partial charge on any atom is -0.423 e. The fourth-order valence-corrected chi connectivity index (χ4v) is 6.60. The molecule has 0 saturated heterocycles. The van der Waals surface area contributed by atoms with Gasteiger partial charge in [-0.25, -0.2) is 9.97 Å². The molecule has 0 spiro atoms. The van der Waals surface area contributed by atoms with Gasteiger partial charge in [-0.15, -0.1) is 0 Å². The fraction of sp³-hybridized carbons (Fsp3) is 0.176. The van der Waals surface area contributed by atoms with Gasteiger partial charge < -0.3 is 10.0 Å². The van der Waals surface area contributed by atoms with Crippen molar-refractivity contribution in [1.29, 1.82) is 0 Å². The third kappa shape index (κ3) is 3.47. The van der Waals surface area contributed by atoms with Gasteiger partial charge in [0.05, 0.1) is 0 Å². The fourth-order valence-electron chi connectivity index (χ4n) is 6.60. The predicted octanol–water partition coefficient (Wildman–Crippen LogP) is 6.10. The summed E-state index contributed by atoms with van der Waals surface area (Å²) < 4.78 is 0. The van der Waals surface area contributed by atoms with Gasteiger partial charge in [0.15, 0.2) is 5.82 Å². The Morgan fingerprint density at radius 2 is 0.949 bits per heavy atom. The van der Waals surface area contributed by atoms with E-state index in [0.29, 0.717) is 5.46 Å². The summed E-state index contributed by atoms with van der Waals surface area (Å²) in [7, 11) is -1.47. The highest BCUT2D eigenvalue weighted by Crippen LogP contribution is 2.52. The third-order valence-electron chi connectivity index (χ3n) is 8.83. The Bertz CT molecular complexity index is 1790. The number of rotatable bonds is 3. The van der Waals surface area contributed by atoms with Crippen LogP contribution in [0.15, 0.2) is 91.3 Å². The van der Waals surface area contributed by atoms with Crippen molar-refractivity contribution >= 4 is 12.6 Å². The first-order valence-corrected chi connectivity index (χ1v) is 13.4. The van der Waals surface area contributed by atoms with Crippen LogP contribution in [0.2, 0.25) is 0 Å². The van der Waals surface area contributed by atoms with Crippen LogP contribution in [0, 0.1) is 0 Å². The van der Waals surface area contributed by atoms with Crippen LogP contribution >= 0.6 is 0 Å². The first-order valence-electron chi connectivity index (χ1n) is 13.4. The lowest BCUT2D eigenvalue weighted by atomic mass is 9.75. The smallest absolute Gasteiger partial charge is 0.423 e. The molecule has 0 unspecified atom stereocenters. The highest BCUT2D eigenvalue weighted by atomic mass is 16.4. The number of fused-ring (bicyclic) bond motifs is 6. The zero-order chi connectivity index (χ0) is 27.1. The van der Waals surface area contributed by atoms with Crippen molar-refractivity contribution < 1.29 is 10.0 Å². The molecule has 0 atom stereocenters. The molecule has 2 N–H and O–H groups in total. The van der Waals surface area contributed by atoms with Gasteiger partial charge in [0.1, 0.15) is 0 Å². The summed E-state index contributed by atoms with van der Waals surface area (Å²) >= 11 is 0. The van der Waals surface area contributed by atoms with Gasteiger partial charge >= 0.3 is 7.12 Å². The van der Waals surface area contributed by atoms with Gasteiger partial charge in [-0.3, -0.25) is 0 Å². The van der Waals surface area contributed by atoms with Crippen molar-refractivity contribution in [2.24, 2.45) is 0 Å². The maximum absolute atomic E-state index is 9.74. The van der Waals surface area contributed by atoms with Gasteiger partial charge in [0.2, 0.25) is 0 Å². The Kier molecular flexibility index (Phi) is 5.06. The minimum absolute atomic E-state index is 0.154. The standard InChI is InChI=1S/C34H29BN2O2/c1-33(2)28-16-20(6-10-24(28)26-12-8-22(18-30(26)33)32-36-14-5-15-37-32)21-7-11-25-27-13-9-23(35(38)39)19-31(27)34(3,4)29(25)17-21/h5-19,38-39H,1-4H3. The Labute approximate surface area is 229 Å². The third-order valence-corrected chi connectivity index (χ3v) is 8.83. The van der Waals surface area contributed by atoms with Crippen LogP contribution in [0.3, 0.4) is 0 Å². The molecule has 1 aromatic heterocycles. The van der Waals surface area contributed by atoms with Crippen molar-refractivity contribution in [3.8, 4) is 44.8 Å². The SMILES string of the molecule is CC1(C)c2cc(B(O)O)ccc2-c2ccc(-c3ccc4c(c3)C(C)(C)c3cc(-c5ncccn5)ccc3-4)cc21. The van der Waals surface area contributed by atoms with Gasteiger partial charge in [-0.1, -0.05) is 82.3 Å². The van der Waals surface area contributed by atoms with Crippen molar-refractivity contribution in [3.63, 3.8) is 0 Å². The summed E-state index contributed by atoms with van der Waals surface area (Å²) in [5, 5.41) is 19.5. The van der Waals surface area contributed by atoms with Gasteiger partial charge in [0.25, 0.3) is 0 Å². The molecule has 5 heteroatoms. The average molecular weight is 508 g/mol. The molecule has 5 aromatic rings. The molecule has 4 aromatic carbocycles. The summed E-state index contributed by atoms with van der Waals surface area (Å²) in [6.07, 6.45) is 3.57. The van der Waals surface area contributed by atoms with E-state index in [4.69, 9.17) is 0 Å². The number of hydrogen-bond donors (Lipinski definition) is 2. The van der Waals surface area contributed by atoms with Crippen molar-refractivity contribution in [2.45, 2.75) is 38.5 Å². The molecule has 7 rings (SSSR count). The Balaban J connectivity index is 1.30. The average Bonchev–Trinajstić information content (AvgIpc) is 3.32. The zero-order valence-corrected chi connectivity index (χ0v) is 22.5. The molecule has 1 heterocycles. The lowest BCUT2D eigenvalue weighted by molar-refractivity contribution is 0.425. The topological polar surface area (TPSA) is 66.2 Å². The predicted molar refractivity (Wildman–Crippen MR) is 158 cm³/mol. The van der Waals surface area contributed by atoms with E-state index < -0.39 is 7.12 Å². The number of benzene rings is 4. The first-order chi connectivity index (χ1) is 18.7. The van der Waals surface area contributed by atoms with E-state index in [1.54, 1.807) is 18.5 Å². The Hall–Kier alpha value is -4.06. The highest BCUT2D eigenvalue weighted by molar-refractivity contribution is 6.58. The summed E-state index contributed by atoms with van der Waals surface area (Å²) in [4.78, 5) is 8.92. The van der Waals surface area contributed by atoms with Crippen LogP contribution in [-0.2, 0) is 10.8 Å². The molecule has 190 valence electrons. The summed E-state index contributed by atoms with van der Waals surface area (Å²) in [5.74, 6) is 0.745. The van der Waals surface area contributed by atoms with Gasteiger partial charge in [-0.2, -0.15) is 0 Å². The second-order valence-electron chi connectivity index (χ2n) is 11.8. The second-order valence-corrected chi connectivity index (χ2v) is 11.8. The molecule has 0 bridgehead atoms. The maximum Gasteiger partial charge on any atom is 0.488 e. The van der Waals surface area contributed by atoms with Crippen LogP contribution < -0.4 is 5.46 Å². The van der Waals surface area contributed by atoms with Gasteiger partial charge in [-0.05, 0) is 85.4 Å². The normalized spacial score (nSPS) is 15.3. The molecule has 0 amide bonds. The first kappa shape index (κ1) is 24.0. The summed E-state index contributed by atoms with van der Waals surface area (Å²) in [5.41, 5.74) is 13.5. The monoisotopic (exact) mass is 508 g/mol. The lowest BCUT2D eigenvalue weighted by Gasteiger charge is -2.23. The van der Waals surface area contributed by atoms with Crippen molar-refractivity contribution in [2.75, 3.05) is 0 Å². The van der Waals surface area contributed by atoms with Crippen LogP contribution in [0.5, 0.6) is 0 Å². The largest absolute Gasteiger partial charge is 0.488 e. The quantitative estimate of drug-likeness (QED) is 0.289. The number of nitrogens with zero attached hydrogens (tertiary/aromatic N) is 2. The Morgan fingerprint density at radius 3 is 1.44 bits per heavy atom. The molecule has 4 nitrogen and oxygen atoms in total.